The van der Waals surface area contributed by atoms with Crippen LogP contribution in [0.3, 0.4) is 0 Å². The largest absolute Gasteiger partial charge is 0.397 e. The van der Waals surface area contributed by atoms with Crippen molar-refractivity contribution in [2.75, 3.05) is 25.4 Å². The summed E-state index contributed by atoms with van der Waals surface area (Å²) in [5, 5.41) is 9.63. The number of anilines is 1. The van der Waals surface area contributed by atoms with Crippen molar-refractivity contribution < 1.29 is 18.7 Å². The SMILES string of the molecule is Nc1c(C(=O)N(CCO)CC(F)F)sc2ccccc12. The number of nitrogens with two attached hydrogens (primary N) is 1. The molecule has 0 aliphatic rings. The molecule has 0 fully saturated rings. The van der Waals surface area contributed by atoms with Crippen LogP contribution in [0, 0.1) is 0 Å². The standard InChI is InChI=1S/C13H14F2N2O2S/c14-10(15)7-17(5-6-18)13(19)12-11(16)8-3-1-2-4-9(8)20-12/h1-4,10,18H,5-7,16H2. The predicted molar refractivity (Wildman–Crippen MR) is 75.2 cm³/mol. The van der Waals surface area contributed by atoms with Crippen molar-refractivity contribution in [3.05, 3.63) is 29.1 Å². The maximum absolute atomic E-state index is 12.5. The number of carbonyl (C=O) groups is 1. The van der Waals surface area contributed by atoms with Crippen molar-refractivity contribution in [3.63, 3.8) is 0 Å². The predicted octanol–water partition coefficient (Wildman–Crippen LogP) is 2.18. The normalized spacial score (nSPS) is 11.2. The van der Waals surface area contributed by atoms with Gasteiger partial charge in [0.15, 0.2) is 0 Å². The highest BCUT2D eigenvalue weighted by Crippen LogP contribution is 2.34. The van der Waals surface area contributed by atoms with Gasteiger partial charge in [-0.1, -0.05) is 18.2 Å². The topological polar surface area (TPSA) is 66.6 Å². The molecule has 3 N–H and O–H groups in total. The van der Waals surface area contributed by atoms with Gasteiger partial charge in [-0.2, -0.15) is 0 Å². The Morgan fingerprint density at radius 1 is 1.40 bits per heavy atom. The Labute approximate surface area is 118 Å². The number of halogens is 2. The second kappa shape index (κ2) is 6.15. The second-order valence-corrected chi connectivity index (χ2v) is 5.26. The van der Waals surface area contributed by atoms with Gasteiger partial charge in [0.2, 0.25) is 0 Å². The lowest BCUT2D eigenvalue weighted by atomic mass is 10.2. The summed E-state index contributed by atoms with van der Waals surface area (Å²) < 4.78 is 25.8. The van der Waals surface area contributed by atoms with E-state index in [1.54, 1.807) is 12.1 Å². The highest BCUT2D eigenvalue weighted by molar-refractivity contribution is 7.21. The summed E-state index contributed by atoms with van der Waals surface area (Å²) in [7, 11) is 0. The Balaban J connectivity index is 2.35. The summed E-state index contributed by atoms with van der Waals surface area (Å²) in [5.41, 5.74) is 6.22. The zero-order valence-corrected chi connectivity index (χ0v) is 11.4. The average molecular weight is 300 g/mol. The lowest BCUT2D eigenvalue weighted by Gasteiger charge is -2.20. The fourth-order valence-electron chi connectivity index (χ4n) is 1.93. The third-order valence-electron chi connectivity index (χ3n) is 2.84. The maximum atomic E-state index is 12.5. The number of hydrogen-bond donors (Lipinski definition) is 2. The van der Waals surface area contributed by atoms with E-state index in [9.17, 15) is 13.6 Å². The molecule has 0 saturated carbocycles. The first-order chi connectivity index (χ1) is 9.54. The summed E-state index contributed by atoms with van der Waals surface area (Å²) in [4.78, 5) is 13.4. The van der Waals surface area contributed by atoms with Crippen molar-refractivity contribution in [2.45, 2.75) is 6.43 Å². The second-order valence-electron chi connectivity index (χ2n) is 4.21. The molecule has 1 heterocycles. The third kappa shape index (κ3) is 2.88. The molecule has 0 aliphatic carbocycles. The van der Waals surface area contributed by atoms with Gasteiger partial charge in [0, 0.05) is 16.6 Å². The molecule has 0 aliphatic heterocycles. The quantitative estimate of drug-likeness (QED) is 0.889. The number of fused-ring (bicyclic) bond motifs is 1. The minimum Gasteiger partial charge on any atom is -0.397 e. The monoisotopic (exact) mass is 300 g/mol. The molecule has 0 spiro atoms. The number of nitrogens with zero attached hydrogens (tertiary/aromatic N) is 1. The van der Waals surface area contributed by atoms with Gasteiger partial charge in [-0.25, -0.2) is 8.78 Å². The lowest BCUT2D eigenvalue weighted by molar-refractivity contribution is 0.0514. The summed E-state index contributed by atoms with van der Waals surface area (Å²) in [5.74, 6) is -0.571. The minimum absolute atomic E-state index is 0.142. The molecule has 1 aromatic carbocycles. The van der Waals surface area contributed by atoms with Gasteiger partial charge in [0.25, 0.3) is 12.3 Å². The zero-order valence-electron chi connectivity index (χ0n) is 10.6. The highest BCUT2D eigenvalue weighted by atomic mass is 32.1. The molecule has 0 bridgehead atoms. The number of benzene rings is 1. The van der Waals surface area contributed by atoms with Gasteiger partial charge >= 0.3 is 0 Å². The molecule has 0 saturated heterocycles. The van der Waals surface area contributed by atoms with Crippen molar-refractivity contribution in [1.82, 2.24) is 4.90 Å². The first-order valence-corrected chi connectivity index (χ1v) is 6.81. The maximum Gasteiger partial charge on any atom is 0.266 e. The average Bonchev–Trinajstić information content (AvgIpc) is 2.75. The number of carbonyl (C=O) groups excluding carboxylic acids is 1. The van der Waals surface area contributed by atoms with Crippen LogP contribution in [0.1, 0.15) is 9.67 Å². The van der Waals surface area contributed by atoms with Crippen LogP contribution in [0.25, 0.3) is 10.1 Å². The molecule has 1 aromatic heterocycles. The van der Waals surface area contributed by atoms with E-state index < -0.39 is 18.9 Å². The van der Waals surface area contributed by atoms with Crippen molar-refractivity contribution in [2.24, 2.45) is 0 Å². The highest BCUT2D eigenvalue weighted by Gasteiger charge is 2.23. The van der Waals surface area contributed by atoms with E-state index >= 15 is 0 Å². The number of rotatable bonds is 5. The van der Waals surface area contributed by atoms with Crippen molar-refractivity contribution >= 4 is 33.0 Å². The summed E-state index contributed by atoms with van der Waals surface area (Å²) in [6.07, 6.45) is -2.65. The summed E-state index contributed by atoms with van der Waals surface area (Å²) >= 11 is 1.17. The molecule has 108 valence electrons. The van der Waals surface area contributed by atoms with Crippen molar-refractivity contribution in [1.29, 1.82) is 0 Å². The smallest absolute Gasteiger partial charge is 0.266 e. The molecule has 1 amide bonds. The lowest BCUT2D eigenvalue weighted by Crippen LogP contribution is -2.37. The van der Waals surface area contributed by atoms with Crippen LogP contribution in [0.15, 0.2) is 24.3 Å². The van der Waals surface area contributed by atoms with Gasteiger partial charge < -0.3 is 15.7 Å². The molecule has 7 heteroatoms. The van der Waals surface area contributed by atoms with E-state index in [0.29, 0.717) is 5.69 Å². The van der Waals surface area contributed by atoms with E-state index in [-0.39, 0.29) is 18.0 Å². The van der Waals surface area contributed by atoms with Gasteiger partial charge in [0.05, 0.1) is 18.8 Å². The number of amides is 1. The van der Waals surface area contributed by atoms with Crippen LogP contribution < -0.4 is 5.73 Å². The molecule has 2 aromatic rings. The first-order valence-electron chi connectivity index (χ1n) is 6.00. The molecule has 20 heavy (non-hydrogen) atoms. The minimum atomic E-state index is -2.65. The number of aliphatic hydroxyl groups is 1. The molecule has 4 nitrogen and oxygen atoms in total. The summed E-state index contributed by atoms with van der Waals surface area (Å²) in [6, 6.07) is 7.21. The zero-order chi connectivity index (χ0) is 14.7. The number of hydrogen-bond acceptors (Lipinski definition) is 4. The fourth-order valence-corrected chi connectivity index (χ4v) is 3.02. The fraction of sp³-hybridized carbons (Fsp3) is 0.308. The summed E-state index contributed by atoms with van der Waals surface area (Å²) in [6.45, 7) is -1.23. The van der Waals surface area contributed by atoms with Crippen LogP contribution in [0.2, 0.25) is 0 Å². The number of nitrogen functional groups attached to an aromatic ring is 1. The first kappa shape index (κ1) is 14.7. The third-order valence-corrected chi connectivity index (χ3v) is 4.02. The van der Waals surface area contributed by atoms with Gasteiger partial charge in [0.1, 0.15) is 4.88 Å². The van der Waals surface area contributed by atoms with E-state index in [2.05, 4.69) is 0 Å². The number of alkyl halides is 2. The van der Waals surface area contributed by atoms with E-state index in [1.165, 1.54) is 11.3 Å². The molecular weight excluding hydrogens is 286 g/mol. The Morgan fingerprint density at radius 2 is 2.10 bits per heavy atom. The molecule has 0 unspecified atom stereocenters. The van der Waals surface area contributed by atoms with Gasteiger partial charge in [-0.3, -0.25) is 4.79 Å². The van der Waals surface area contributed by atoms with Crippen molar-refractivity contribution in [3.8, 4) is 0 Å². The van der Waals surface area contributed by atoms with Crippen LogP contribution in [-0.4, -0.2) is 42.0 Å². The van der Waals surface area contributed by atoms with Gasteiger partial charge in [-0.15, -0.1) is 11.3 Å². The van der Waals surface area contributed by atoms with E-state index in [1.807, 2.05) is 12.1 Å². The van der Waals surface area contributed by atoms with Crippen LogP contribution in [0.5, 0.6) is 0 Å². The van der Waals surface area contributed by atoms with Gasteiger partial charge in [-0.05, 0) is 6.07 Å². The van der Waals surface area contributed by atoms with Crippen LogP contribution in [0.4, 0.5) is 14.5 Å². The number of thiophene rings is 1. The molecule has 2 rings (SSSR count). The number of aliphatic hydroxyl groups excluding tert-OH is 1. The Bertz CT molecular complexity index is 615. The molecule has 0 radical (unpaired) electrons. The molecule has 0 atom stereocenters. The van der Waals surface area contributed by atoms with Crippen LogP contribution >= 0.6 is 11.3 Å². The Kier molecular flexibility index (Phi) is 4.51. The Morgan fingerprint density at radius 3 is 2.70 bits per heavy atom. The van der Waals surface area contributed by atoms with E-state index in [0.717, 1.165) is 15.0 Å². The van der Waals surface area contributed by atoms with E-state index in [4.69, 9.17) is 10.8 Å². The Hall–Kier alpha value is -1.73. The molecular formula is C13H14F2N2O2S. The van der Waals surface area contributed by atoms with Crippen LogP contribution in [-0.2, 0) is 0 Å².